The first-order valence-electron chi connectivity index (χ1n) is 5.01. The first-order chi connectivity index (χ1) is 8.34. The molecule has 0 saturated carbocycles. The number of para-hydroxylation sites is 1. The minimum atomic E-state index is -2.53. The monoisotopic (exact) mass is 266 g/mol. The molecule has 2 aromatic carbocycles. The van der Waals surface area contributed by atoms with Crippen LogP contribution >= 0.6 is 20.3 Å². The van der Waals surface area contributed by atoms with Gasteiger partial charge in [-0.2, -0.15) is 0 Å². The van der Waals surface area contributed by atoms with Gasteiger partial charge in [-0.3, -0.25) is 0 Å². The molecule has 1 unspecified atom stereocenters. The van der Waals surface area contributed by atoms with Gasteiger partial charge in [-0.05, 0) is 24.3 Å². The lowest BCUT2D eigenvalue weighted by atomic mass is 10.3. The smallest absolute Gasteiger partial charge is 0.379 e. The Morgan fingerprint density at radius 2 is 1.47 bits per heavy atom. The SMILES string of the molecule is O=[PH](OSc1ccccc1)Oc1ccccc1. The Labute approximate surface area is 105 Å². The molecule has 0 heterocycles. The van der Waals surface area contributed by atoms with Crippen molar-refractivity contribution in [3.8, 4) is 5.75 Å². The highest BCUT2D eigenvalue weighted by atomic mass is 32.2. The minimum absolute atomic E-state index is 0.546. The van der Waals surface area contributed by atoms with Crippen LogP contribution in [0.4, 0.5) is 0 Å². The average Bonchev–Trinajstić information content (AvgIpc) is 2.39. The van der Waals surface area contributed by atoms with E-state index in [1.165, 1.54) is 0 Å². The van der Waals surface area contributed by atoms with Crippen molar-refractivity contribution in [2.24, 2.45) is 0 Å². The zero-order valence-electron chi connectivity index (χ0n) is 8.91. The lowest BCUT2D eigenvalue weighted by molar-refractivity contribution is 0.437. The second-order valence-electron chi connectivity index (χ2n) is 3.14. The fraction of sp³-hybridized carbons (Fsp3) is 0. The fourth-order valence-corrected chi connectivity index (χ4v) is 2.55. The summed E-state index contributed by atoms with van der Waals surface area (Å²) in [5.74, 6) is 0.546. The van der Waals surface area contributed by atoms with Crippen LogP contribution in [0.3, 0.4) is 0 Å². The lowest BCUT2D eigenvalue weighted by Gasteiger charge is -2.05. The summed E-state index contributed by atoms with van der Waals surface area (Å²) in [6.07, 6.45) is 0. The number of hydrogen-bond donors (Lipinski definition) is 0. The molecule has 3 nitrogen and oxygen atoms in total. The molecule has 0 aliphatic heterocycles. The predicted octanol–water partition coefficient (Wildman–Crippen LogP) is 4.18. The Hall–Kier alpha value is -1.22. The van der Waals surface area contributed by atoms with E-state index >= 15 is 0 Å². The van der Waals surface area contributed by atoms with Crippen molar-refractivity contribution in [1.82, 2.24) is 0 Å². The maximum Gasteiger partial charge on any atom is 0.379 e. The van der Waals surface area contributed by atoms with E-state index in [-0.39, 0.29) is 0 Å². The van der Waals surface area contributed by atoms with Gasteiger partial charge in [-0.15, -0.1) is 0 Å². The van der Waals surface area contributed by atoms with Crippen LogP contribution in [0, 0.1) is 0 Å². The average molecular weight is 266 g/mol. The standard InChI is InChI=1S/C12H11O3PS/c13-16(14-11-7-3-1-4-8-11)15-17-12-9-5-2-6-10-12/h1-10,16H. The number of benzene rings is 2. The van der Waals surface area contributed by atoms with Crippen LogP contribution in [0.1, 0.15) is 0 Å². The van der Waals surface area contributed by atoms with Gasteiger partial charge in [0.2, 0.25) is 0 Å². The molecule has 2 aromatic rings. The molecule has 5 heteroatoms. The Balaban J connectivity index is 1.83. The van der Waals surface area contributed by atoms with Crippen LogP contribution in [0.5, 0.6) is 5.75 Å². The summed E-state index contributed by atoms with van der Waals surface area (Å²) in [7, 11) is -2.53. The first kappa shape index (κ1) is 12.2. The molecule has 88 valence electrons. The molecule has 0 bridgehead atoms. The number of hydrogen-bond acceptors (Lipinski definition) is 4. The zero-order valence-corrected chi connectivity index (χ0v) is 10.7. The van der Waals surface area contributed by atoms with Crippen LogP contribution in [-0.4, -0.2) is 0 Å². The zero-order chi connectivity index (χ0) is 11.9. The van der Waals surface area contributed by atoms with Crippen LogP contribution < -0.4 is 4.52 Å². The fourth-order valence-electron chi connectivity index (χ4n) is 1.16. The van der Waals surface area contributed by atoms with Crippen molar-refractivity contribution >= 4 is 20.3 Å². The first-order valence-corrected chi connectivity index (χ1v) is 6.97. The van der Waals surface area contributed by atoms with Crippen molar-refractivity contribution in [3.05, 3.63) is 60.7 Å². The molecular weight excluding hydrogens is 255 g/mol. The molecule has 1 atom stereocenters. The number of rotatable bonds is 5. The highest BCUT2D eigenvalue weighted by Gasteiger charge is 2.03. The van der Waals surface area contributed by atoms with Crippen molar-refractivity contribution in [1.29, 1.82) is 0 Å². The normalized spacial score (nSPS) is 12.0. The van der Waals surface area contributed by atoms with E-state index in [0.717, 1.165) is 16.9 Å². The quantitative estimate of drug-likeness (QED) is 0.600. The Kier molecular flexibility index (Phi) is 4.68. The van der Waals surface area contributed by atoms with E-state index in [9.17, 15) is 4.57 Å². The largest absolute Gasteiger partial charge is 0.426 e. The van der Waals surface area contributed by atoms with Crippen molar-refractivity contribution in [3.63, 3.8) is 0 Å². The van der Waals surface area contributed by atoms with Gasteiger partial charge in [0.05, 0.1) is 0 Å². The molecule has 0 amide bonds. The summed E-state index contributed by atoms with van der Waals surface area (Å²) in [6, 6.07) is 18.4. The van der Waals surface area contributed by atoms with Crippen LogP contribution in [-0.2, 0) is 8.54 Å². The van der Waals surface area contributed by atoms with E-state index in [1.807, 2.05) is 48.5 Å². The van der Waals surface area contributed by atoms with Gasteiger partial charge in [-0.25, -0.2) is 8.54 Å². The third-order valence-corrected chi connectivity index (χ3v) is 3.64. The van der Waals surface area contributed by atoms with Gasteiger partial charge in [0.1, 0.15) is 5.75 Å². The van der Waals surface area contributed by atoms with Crippen molar-refractivity contribution < 1.29 is 13.1 Å². The highest BCUT2D eigenvalue weighted by molar-refractivity contribution is 7.97. The van der Waals surface area contributed by atoms with Gasteiger partial charge in [0.15, 0.2) is 0 Å². The summed E-state index contributed by atoms with van der Waals surface area (Å²) in [6.45, 7) is 0. The molecule has 0 aliphatic carbocycles. The maximum absolute atomic E-state index is 11.5. The van der Waals surface area contributed by atoms with E-state index in [4.69, 9.17) is 8.49 Å². The van der Waals surface area contributed by atoms with E-state index in [0.29, 0.717) is 5.75 Å². The van der Waals surface area contributed by atoms with Gasteiger partial charge in [-0.1, -0.05) is 36.4 Å². The van der Waals surface area contributed by atoms with Crippen LogP contribution in [0.15, 0.2) is 65.6 Å². The Morgan fingerprint density at radius 1 is 0.882 bits per heavy atom. The third-order valence-electron chi connectivity index (χ3n) is 1.89. The van der Waals surface area contributed by atoms with Gasteiger partial charge < -0.3 is 4.52 Å². The van der Waals surface area contributed by atoms with Crippen LogP contribution in [0.25, 0.3) is 0 Å². The highest BCUT2D eigenvalue weighted by Crippen LogP contribution is 2.35. The summed E-state index contributed by atoms with van der Waals surface area (Å²) in [5.41, 5.74) is 0. The predicted molar refractivity (Wildman–Crippen MR) is 69.5 cm³/mol. The maximum atomic E-state index is 11.5. The van der Waals surface area contributed by atoms with E-state index in [2.05, 4.69) is 0 Å². The summed E-state index contributed by atoms with van der Waals surface area (Å²) >= 11 is 1.06. The van der Waals surface area contributed by atoms with Crippen molar-refractivity contribution in [2.45, 2.75) is 4.90 Å². The molecule has 0 aromatic heterocycles. The molecule has 0 saturated heterocycles. The Bertz CT molecular complexity index is 476. The molecule has 0 radical (unpaired) electrons. The minimum Gasteiger partial charge on any atom is -0.426 e. The molecular formula is C12H11O3PS. The van der Waals surface area contributed by atoms with Gasteiger partial charge in [0, 0.05) is 16.9 Å². The topological polar surface area (TPSA) is 35.5 Å². The lowest BCUT2D eigenvalue weighted by Crippen LogP contribution is -1.81. The molecule has 2 rings (SSSR count). The van der Waals surface area contributed by atoms with E-state index < -0.39 is 8.25 Å². The molecule has 0 aliphatic rings. The van der Waals surface area contributed by atoms with E-state index in [1.54, 1.807) is 12.1 Å². The second-order valence-corrected chi connectivity index (χ2v) is 5.15. The molecule has 0 spiro atoms. The van der Waals surface area contributed by atoms with Crippen molar-refractivity contribution in [2.75, 3.05) is 0 Å². The second kappa shape index (κ2) is 6.50. The summed E-state index contributed by atoms with van der Waals surface area (Å²) in [4.78, 5) is 0.891. The molecule has 0 fully saturated rings. The molecule has 17 heavy (non-hydrogen) atoms. The van der Waals surface area contributed by atoms with Gasteiger partial charge >= 0.3 is 8.25 Å². The summed E-state index contributed by atoms with van der Waals surface area (Å²) < 4.78 is 21.7. The summed E-state index contributed by atoms with van der Waals surface area (Å²) in [5, 5.41) is 0. The van der Waals surface area contributed by atoms with Gasteiger partial charge in [0.25, 0.3) is 0 Å². The third kappa shape index (κ3) is 4.27. The molecule has 0 N–H and O–H groups in total. The Morgan fingerprint density at radius 3 is 2.12 bits per heavy atom. The van der Waals surface area contributed by atoms with Crippen LogP contribution in [0.2, 0.25) is 0 Å².